The van der Waals surface area contributed by atoms with Crippen molar-refractivity contribution in [3.63, 3.8) is 0 Å². The molecule has 1 rings (SSSR count). The number of aryl methyl sites for hydroxylation is 1. The molecule has 0 spiro atoms. The molecule has 0 N–H and O–H groups in total. The number of hydrogen-bond acceptors (Lipinski definition) is 1. The molecule has 0 saturated carbocycles. The van der Waals surface area contributed by atoms with E-state index in [4.69, 9.17) is 0 Å². The lowest BCUT2D eigenvalue weighted by Crippen LogP contribution is -1.77. The Hall–Kier alpha value is -0.780. The van der Waals surface area contributed by atoms with Crippen LogP contribution < -0.4 is 0 Å². The summed E-state index contributed by atoms with van der Waals surface area (Å²) in [5.41, 5.74) is 5.44. The van der Waals surface area contributed by atoms with E-state index in [1.54, 1.807) is 0 Å². The van der Waals surface area contributed by atoms with Gasteiger partial charge in [-0.25, -0.2) is 0 Å². The van der Waals surface area contributed by atoms with Gasteiger partial charge in [-0.3, -0.25) is 0 Å². The van der Waals surface area contributed by atoms with Crippen LogP contribution in [0.25, 0.3) is 6.08 Å². The third-order valence-corrected chi connectivity index (χ3v) is 3.01. The van der Waals surface area contributed by atoms with Gasteiger partial charge in [0.15, 0.2) is 0 Å². The molecule has 1 aromatic rings. The molecule has 0 aliphatic heterocycles. The van der Waals surface area contributed by atoms with Crippen molar-refractivity contribution in [2.45, 2.75) is 20.3 Å². The van der Waals surface area contributed by atoms with E-state index in [0.29, 0.717) is 0 Å². The third kappa shape index (κ3) is 1.62. The highest BCUT2D eigenvalue weighted by molar-refractivity contribution is 7.10. The van der Waals surface area contributed by atoms with Gasteiger partial charge in [0, 0.05) is 4.88 Å². The van der Waals surface area contributed by atoms with Crippen molar-refractivity contribution < 1.29 is 0 Å². The maximum atomic E-state index is 3.56. The summed E-state index contributed by atoms with van der Waals surface area (Å²) in [5, 5.41) is 2.16. The van der Waals surface area contributed by atoms with Gasteiger partial charge in [0.25, 0.3) is 0 Å². The summed E-state index contributed by atoms with van der Waals surface area (Å²) in [6.45, 7) is 7.89. The Morgan fingerprint density at radius 2 is 2.45 bits per heavy atom. The van der Waals surface area contributed by atoms with E-state index in [1.165, 1.54) is 16.0 Å². The van der Waals surface area contributed by atoms with E-state index in [9.17, 15) is 0 Å². The summed E-state index contributed by atoms with van der Waals surface area (Å²) < 4.78 is 0. The molecule has 0 radical (unpaired) electrons. The van der Waals surface area contributed by atoms with Crippen LogP contribution in [0.1, 0.15) is 22.9 Å². The molecule has 0 atom stereocenters. The van der Waals surface area contributed by atoms with E-state index in [1.807, 2.05) is 17.4 Å². The predicted octanol–water partition coefficient (Wildman–Crippen LogP) is 3.42. The minimum atomic E-state index is 1.13. The smallest absolute Gasteiger partial charge is 0.00780 e. The zero-order chi connectivity index (χ0) is 8.27. The van der Waals surface area contributed by atoms with Gasteiger partial charge in [-0.15, -0.1) is 17.1 Å². The fourth-order valence-corrected chi connectivity index (χ4v) is 2.05. The molecule has 0 nitrogen and oxygen atoms in total. The number of thiophene rings is 1. The fraction of sp³-hybridized carbons (Fsp3) is 0.300. The quantitative estimate of drug-likeness (QED) is 0.587. The molecule has 0 fully saturated rings. The van der Waals surface area contributed by atoms with Crippen LogP contribution in [-0.4, -0.2) is 0 Å². The first-order chi connectivity index (χ1) is 5.29. The second kappa shape index (κ2) is 3.56. The van der Waals surface area contributed by atoms with Crippen LogP contribution in [-0.2, 0) is 6.42 Å². The summed E-state index contributed by atoms with van der Waals surface area (Å²) in [5.74, 6) is 0. The van der Waals surface area contributed by atoms with Crippen LogP contribution in [0.15, 0.2) is 17.7 Å². The molecule has 0 bridgehead atoms. The molecule has 0 unspecified atom stereocenters. The summed E-state index contributed by atoms with van der Waals surface area (Å²) in [7, 11) is 0. The van der Waals surface area contributed by atoms with Crippen molar-refractivity contribution in [2.24, 2.45) is 0 Å². The first kappa shape index (κ1) is 8.32. The van der Waals surface area contributed by atoms with E-state index < -0.39 is 0 Å². The van der Waals surface area contributed by atoms with Crippen molar-refractivity contribution in [2.75, 3.05) is 0 Å². The zero-order valence-corrected chi connectivity index (χ0v) is 7.79. The maximum Gasteiger partial charge on any atom is 0.00780 e. The van der Waals surface area contributed by atoms with E-state index in [0.717, 1.165) is 6.42 Å². The van der Waals surface area contributed by atoms with E-state index in [2.05, 4.69) is 31.5 Å². The molecule has 0 aromatic carbocycles. The van der Waals surface area contributed by atoms with Gasteiger partial charge in [-0.05, 0) is 35.9 Å². The average molecular weight is 164 g/mol. The second-order valence-corrected chi connectivity index (χ2v) is 3.41. The van der Waals surface area contributed by atoms with Crippen LogP contribution in [0, 0.1) is 6.92 Å². The number of rotatable bonds is 2. The summed E-state index contributed by atoms with van der Waals surface area (Å²) in [6.07, 6.45) is 3.06. The summed E-state index contributed by atoms with van der Waals surface area (Å²) in [6, 6.07) is 0. The Morgan fingerprint density at radius 3 is 2.91 bits per heavy atom. The van der Waals surface area contributed by atoms with Crippen molar-refractivity contribution in [1.82, 2.24) is 0 Å². The highest BCUT2D eigenvalue weighted by Gasteiger charge is 2.01. The lowest BCUT2D eigenvalue weighted by Gasteiger charge is -1.92. The lowest BCUT2D eigenvalue weighted by molar-refractivity contribution is 1.16. The van der Waals surface area contributed by atoms with Crippen LogP contribution in [0.5, 0.6) is 0 Å². The van der Waals surface area contributed by atoms with Crippen LogP contribution in [0.2, 0.25) is 0 Å². The van der Waals surface area contributed by atoms with Crippen molar-refractivity contribution in [3.05, 3.63) is 33.7 Å². The van der Waals surface area contributed by atoms with Gasteiger partial charge in [0.05, 0.1) is 0 Å². The minimum Gasteiger partial charge on any atom is -0.148 e. The third-order valence-electron chi connectivity index (χ3n) is 1.76. The van der Waals surface area contributed by atoms with Gasteiger partial charge in [0.2, 0.25) is 0 Å². The Labute approximate surface area is 71.9 Å². The highest BCUT2D eigenvalue weighted by atomic mass is 32.1. The van der Waals surface area contributed by atoms with Gasteiger partial charge in [0.1, 0.15) is 0 Å². The molecule has 1 aromatic heterocycles. The molecule has 1 heterocycles. The molecular weight excluding hydrogens is 152 g/mol. The van der Waals surface area contributed by atoms with E-state index >= 15 is 0 Å². The monoisotopic (exact) mass is 164 g/mol. The summed E-state index contributed by atoms with van der Waals surface area (Å²) in [4.78, 5) is 1.46. The molecule has 58 valence electrons. The van der Waals surface area contributed by atoms with Crippen LogP contribution >= 0.6 is 11.3 Å². The fourth-order valence-electron chi connectivity index (χ4n) is 1.07. The van der Waals surface area contributed by atoms with Crippen molar-refractivity contribution in [1.29, 1.82) is 0 Å². The standard InChI is InChI=1S/C10H12S/c1-4-6-9-7-11-10(5-2)8(9)3/h6-7H,1,5H2,2-3H3. The molecule has 0 amide bonds. The Bertz CT molecular complexity index is 288. The average Bonchev–Trinajstić information content (AvgIpc) is 2.34. The van der Waals surface area contributed by atoms with Crippen molar-refractivity contribution in [3.8, 4) is 0 Å². The van der Waals surface area contributed by atoms with Gasteiger partial charge < -0.3 is 0 Å². The van der Waals surface area contributed by atoms with Crippen molar-refractivity contribution >= 4 is 17.4 Å². The zero-order valence-electron chi connectivity index (χ0n) is 6.98. The first-order valence-electron chi connectivity index (χ1n) is 3.72. The summed E-state index contributed by atoms with van der Waals surface area (Å²) >= 11 is 1.82. The molecule has 0 aliphatic carbocycles. The molecule has 0 aliphatic rings. The van der Waals surface area contributed by atoms with E-state index in [-0.39, 0.29) is 0 Å². The highest BCUT2D eigenvalue weighted by Crippen LogP contribution is 2.22. The number of hydrogen-bond donors (Lipinski definition) is 0. The van der Waals surface area contributed by atoms with Gasteiger partial charge >= 0.3 is 0 Å². The molecule has 11 heavy (non-hydrogen) atoms. The second-order valence-electron chi connectivity index (χ2n) is 2.44. The Morgan fingerprint density at radius 1 is 1.73 bits per heavy atom. The largest absolute Gasteiger partial charge is 0.148 e. The lowest BCUT2D eigenvalue weighted by atomic mass is 10.1. The topological polar surface area (TPSA) is 0 Å². The molecular formula is C10H12S. The normalized spacial score (nSPS) is 9.27. The minimum absolute atomic E-state index is 1.13. The Balaban J connectivity index is 3.09. The van der Waals surface area contributed by atoms with Gasteiger partial charge in [-0.1, -0.05) is 13.5 Å². The first-order valence-corrected chi connectivity index (χ1v) is 4.60. The Kier molecular flexibility index (Phi) is 2.70. The molecule has 0 saturated heterocycles. The maximum absolute atomic E-state index is 3.56. The predicted molar refractivity (Wildman–Crippen MR) is 52.0 cm³/mol. The van der Waals surface area contributed by atoms with Crippen LogP contribution in [0.3, 0.4) is 0 Å². The van der Waals surface area contributed by atoms with Gasteiger partial charge in [-0.2, -0.15) is 0 Å². The SMILES string of the molecule is C=C=Cc1csc(CC)c1C. The van der Waals surface area contributed by atoms with Crippen LogP contribution in [0.4, 0.5) is 0 Å². The molecule has 1 heteroatoms.